The first-order valence-corrected chi connectivity index (χ1v) is 14.4. The third-order valence-electron chi connectivity index (χ3n) is 7.21. The van der Waals surface area contributed by atoms with Crippen LogP contribution >= 0.6 is 11.3 Å². The SMILES string of the molecule is Cc1cc(-c2cnc(Nc3cnc(CN(C)CC4CCCN(C)C4)cn3)s2)nc(NC2CCCCC2)n1. The summed E-state index contributed by atoms with van der Waals surface area (Å²) in [6.45, 7) is 6.31. The predicted octanol–water partition coefficient (Wildman–Crippen LogP) is 4.96. The van der Waals surface area contributed by atoms with Crippen molar-refractivity contribution in [3.05, 3.63) is 36.0 Å². The van der Waals surface area contributed by atoms with Gasteiger partial charge in [-0.05, 0) is 65.2 Å². The number of anilines is 3. The number of hydrogen-bond donors (Lipinski definition) is 2. The molecule has 1 aliphatic heterocycles. The van der Waals surface area contributed by atoms with E-state index in [1.807, 2.05) is 25.4 Å². The molecule has 2 N–H and O–H groups in total. The van der Waals surface area contributed by atoms with Gasteiger partial charge in [-0.1, -0.05) is 30.6 Å². The van der Waals surface area contributed by atoms with Crippen LogP contribution in [0.25, 0.3) is 10.6 Å². The largest absolute Gasteiger partial charge is 0.351 e. The average molecular weight is 522 g/mol. The minimum Gasteiger partial charge on any atom is -0.351 e. The zero-order valence-corrected chi connectivity index (χ0v) is 23.1. The second-order valence-corrected chi connectivity index (χ2v) is 11.7. The van der Waals surface area contributed by atoms with Gasteiger partial charge in [0.1, 0.15) is 0 Å². The van der Waals surface area contributed by atoms with Crippen molar-refractivity contribution in [1.82, 2.24) is 34.7 Å². The van der Waals surface area contributed by atoms with Gasteiger partial charge in [-0.3, -0.25) is 4.98 Å². The third-order valence-corrected chi connectivity index (χ3v) is 8.15. The van der Waals surface area contributed by atoms with E-state index in [1.165, 1.54) is 58.0 Å². The lowest BCUT2D eigenvalue weighted by Crippen LogP contribution is -2.37. The molecule has 0 radical (unpaired) electrons. The van der Waals surface area contributed by atoms with Crippen LogP contribution in [0.4, 0.5) is 16.9 Å². The second kappa shape index (κ2) is 12.2. The van der Waals surface area contributed by atoms with E-state index < -0.39 is 0 Å². The Morgan fingerprint density at radius 2 is 1.89 bits per heavy atom. The summed E-state index contributed by atoms with van der Waals surface area (Å²) in [6, 6.07) is 2.48. The highest BCUT2D eigenvalue weighted by Crippen LogP contribution is 2.30. The van der Waals surface area contributed by atoms with E-state index in [-0.39, 0.29) is 0 Å². The van der Waals surface area contributed by atoms with E-state index in [0.717, 1.165) is 46.1 Å². The van der Waals surface area contributed by atoms with Crippen LogP contribution < -0.4 is 10.6 Å². The predicted molar refractivity (Wildman–Crippen MR) is 150 cm³/mol. The van der Waals surface area contributed by atoms with Crippen LogP contribution in [-0.2, 0) is 6.54 Å². The van der Waals surface area contributed by atoms with Gasteiger partial charge in [-0.25, -0.2) is 19.9 Å². The van der Waals surface area contributed by atoms with Crippen LogP contribution in [0.1, 0.15) is 56.3 Å². The number of piperidine rings is 1. The minimum atomic E-state index is 0.470. The van der Waals surface area contributed by atoms with Gasteiger partial charge < -0.3 is 20.4 Å². The molecule has 1 saturated carbocycles. The molecule has 0 bridgehead atoms. The van der Waals surface area contributed by atoms with Crippen LogP contribution in [0.2, 0.25) is 0 Å². The molecule has 4 heterocycles. The molecule has 3 aromatic rings. The zero-order chi connectivity index (χ0) is 25.6. The summed E-state index contributed by atoms with van der Waals surface area (Å²) in [5, 5.41) is 7.61. The molecule has 1 saturated heterocycles. The number of hydrogen-bond acceptors (Lipinski definition) is 10. The van der Waals surface area contributed by atoms with Gasteiger partial charge in [0.05, 0.1) is 28.7 Å². The number of aromatic nitrogens is 5. The van der Waals surface area contributed by atoms with Crippen molar-refractivity contribution in [2.24, 2.45) is 5.92 Å². The van der Waals surface area contributed by atoms with Crippen molar-refractivity contribution < 1.29 is 0 Å². The molecule has 10 heteroatoms. The molecule has 198 valence electrons. The smallest absolute Gasteiger partial charge is 0.223 e. The van der Waals surface area contributed by atoms with Gasteiger partial charge in [-0.15, -0.1) is 0 Å². The lowest BCUT2D eigenvalue weighted by atomic mass is 9.96. The van der Waals surface area contributed by atoms with Crippen molar-refractivity contribution in [1.29, 1.82) is 0 Å². The summed E-state index contributed by atoms with van der Waals surface area (Å²) in [4.78, 5) is 29.0. The summed E-state index contributed by atoms with van der Waals surface area (Å²) in [7, 11) is 4.39. The Balaban J connectivity index is 1.16. The van der Waals surface area contributed by atoms with Gasteiger partial charge in [0.2, 0.25) is 5.95 Å². The molecule has 1 atom stereocenters. The number of nitrogens with zero attached hydrogens (tertiary/aromatic N) is 7. The lowest BCUT2D eigenvalue weighted by molar-refractivity contribution is 0.163. The van der Waals surface area contributed by atoms with Gasteiger partial charge >= 0.3 is 0 Å². The summed E-state index contributed by atoms with van der Waals surface area (Å²) < 4.78 is 0. The van der Waals surface area contributed by atoms with Crippen molar-refractivity contribution in [2.75, 3.05) is 44.4 Å². The fourth-order valence-corrected chi connectivity index (χ4v) is 6.24. The summed E-state index contributed by atoms with van der Waals surface area (Å²) in [6.07, 6.45) is 14.4. The first-order chi connectivity index (χ1) is 18.0. The molecule has 9 nitrogen and oxygen atoms in total. The number of likely N-dealkylation sites (tertiary alicyclic amines) is 1. The Hall–Kier alpha value is -2.69. The summed E-state index contributed by atoms with van der Waals surface area (Å²) in [5.41, 5.74) is 2.82. The highest BCUT2D eigenvalue weighted by atomic mass is 32.1. The summed E-state index contributed by atoms with van der Waals surface area (Å²) in [5.74, 6) is 2.14. The highest BCUT2D eigenvalue weighted by Gasteiger charge is 2.19. The molecule has 3 aromatic heterocycles. The van der Waals surface area contributed by atoms with Crippen LogP contribution in [-0.4, -0.2) is 74.5 Å². The maximum Gasteiger partial charge on any atom is 0.223 e. The molecule has 1 unspecified atom stereocenters. The van der Waals surface area contributed by atoms with E-state index in [2.05, 4.69) is 54.5 Å². The van der Waals surface area contributed by atoms with Crippen LogP contribution in [0.3, 0.4) is 0 Å². The van der Waals surface area contributed by atoms with Crippen molar-refractivity contribution >= 4 is 28.2 Å². The molecular weight excluding hydrogens is 482 g/mol. The molecular formula is C27H39N9S. The number of nitrogens with one attached hydrogen (secondary N) is 2. The van der Waals surface area contributed by atoms with Gasteiger partial charge in [0.25, 0.3) is 0 Å². The first-order valence-electron chi connectivity index (χ1n) is 13.5. The Labute approximate surface area is 224 Å². The first kappa shape index (κ1) is 25.9. The van der Waals surface area contributed by atoms with Crippen LogP contribution in [0, 0.1) is 12.8 Å². The van der Waals surface area contributed by atoms with Crippen molar-refractivity contribution in [3.63, 3.8) is 0 Å². The van der Waals surface area contributed by atoms with Gasteiger partial charge in [-0.2, -0.15) is 0 Å². The topological polar surface area (TPSA) is 95.0 Å². The quantitative estimate of drug-likeness (QED) is 0.405. The third kappa shape index (κ3) is 7.43. The fourth-order valence-electron chi connectivity index (χ4n) is 5.45. The lowest BCUT2D eigenvalue weighted by Gasteiger charge is -2.32. The van der Waals surface area contributed by atoms with Crippen molar-refractivity contribution in [3.8, 4) is 10.6 Å². The molecule has 1 aliphatic carbocycles. The number of aryl methyl sites for hydroxylation is 1. The standard InChI is InChI=1S/C27H39N9S/c1-19-12-23(33-26(31-19)32-21-9-5-4-6-10-21)24-14-30-27(37-24)34-25-15-28-22(13-29-25)18-36(3)17-20-8-7-11-35(2)16-20/h12-15,20-21H,4-11,16-18H2,1-3H3,(H,29,30,34)(H,31,32,33). The Kier molecular flexibility index (Phi) is 8.58. The van der Waals surface area contributed by atoms with Crippen LogP contribution in [0.5, 0.6) is 0 Å². The number of rotatable bonds is 9. The van der Waals surface area contributed by atoms with E-state index in [4.69, 9.17) is 4.98 Å². The van der Waals surface area contributed by atoms with Crippen molar-refractivity contribution in [2.45, 2.75) is 64.5 Å². The molecule has 0 spiro atoms. The second-order valence-electron chi connectivity index (χ2n) is 10.7. The Morgan fingerprint density at radius 1 is 1.03 bits per heavy atom. The van der Waals surface area contributed by atoms with Gasteiger partial charge in [0, 0.05) is 37.6 Å². The van der Waals surface area contributed by atoms with E-state index in [1.54, 1.807) is 17.5 Å². The molecule has 2 fully saturated rings. The Bertz CT molecular complexity index is 1140. The maximum atomic E-state index is 4.79. The normalized spacial score (nSPS) is 19.3. The average Bonchev–Trinajstić information content (AvgIpc) is 3.34. The molecule has 37 heavy (non-hydrogen) atoms. The zero-order valence-electron chi connectivity index (χ0n) is 22.3. The molecule has 0 aromatic carbocycles. The molecule has 2 aliphatic rings. The molecule has 0 amide bonds. The maximum absolute atomic E-state index is 4.79. The highest BCUT2D eigenvalue weighted by molar-refractivity contribution is 7.18. The number of thiazole rings is 1. The van der Waals surface area contributed by atoms with E-state index in [0.29, 0.717) is 17.8 Å². The fraction of sp³-hybridized carbons (Fsp3) is 0.593. The minimum absolute atomic E-state index is 0.470. The monoisotopic (exact) mass is 521 g/mol. The van der Waals surface area contributed by atoms with E-state index >= 15 is 0 Å². The van der Waals surface area contributed by atoms with Gasteiger partial charge in [0.15, 0.2) is 10.9 Å². The molecule has 5 rings (SSSR count). The van der Waals surface area contributed by atoms with E-state index in [9.17, 15) is 0 Å². The Morgan fingerprint density at radius 3 is 2.68 bits per heavy atom. The summed E-state index contributed by atoms with van der Waals surface area (Å²) >= 11 is 1.56. The van der Waals surface area contributed by atoms with Crippen LogP contribution in [0.15, 0.2) is 24.7 Å².